The van der Waals surface area contributed by atoms with Crippen LogP contribution in [0.1, 0.15) is 50.4 Å². The van der Waals surface area contributed by atoms with Crippen LogP contribution in [-0.4, -0.2) is 32.2 Å². The summed E-state index contributed by atoms with van der Waals surface area (Å²) >= 11 is 0. The highest BCUT2D eigenvalue weighted by molar-refractivity contribution is 5.31. The van der Waals surface area contributed by atoms with Gasteiger partial charge in [0.15, 0.2) is 0 Å². The van der Waals surface area contributed by atoms with Crippen LogP contribution < -0.4 is 5.69 Å². The van der Waals surface area contributed by atoms with E-state index in [-0.39, 0.29) is 23.0 Å². The van der Waals surface area contributed by atoms with Gasteiger partial charge in [-0.1, -0.05) is 51.1 Å². The third kappa shape index (κ3) is 3.01. The molecular formula is C20H27N3O2. The fourth-order valence-electron chi connectivity index (χ4n) is 4.14. The second kappa shape index (κ2) is 5.77. The zero-order valence-electron chi connectivity index (χ0n) is 15.3. The number of aromatic hydroxyl groups is 1. The van der Waals surface area contributed by atoms with Gasteiger partial charge in [0.25, 0.3) is 0 Å². The van der Waals surface area contributed by atoms with Crippen molar-refractivity contribution in [1.82, 2.24) is 14.0 Å². The van der Waals surface area contributed by atoms with Crippen LogP contribution in [0.5, 0.6) is 5.88 Å². The molecule has 0 saturated heterocycles. The lowest BCUT2D eigenvalue weighted by Crippen LogP contribution is -2.41. The molecule has 134 valence electrons. The highest BCUT2D eigenvalue weighted by atomic mass is 16.3. The van der Waals surface area contributed by atoms with Crippen molar-refractivity contribution in [1.29, 1.82) is 0 Å². The molecule has 1 saturated carbocycles. The Morgan fingerprint density at radius 2 is 1.88 bits per heavy atom. The van der Waals surface area contributed by atoms with Gasteiger partial charge in [-0.3, -0.25) is 14.0 Å². The molecule has 1 fully saturated rings. The lowest BCUT2D eigenvalue weighted by Gasteiger charge is -2.32. The number of benzene rings is 1. The van der Waals surface area contributed by atoms with E-state index in [1.165, 1.54) is 5.56 Å². The summed E-state index contributed by atoms with van der Waals surface area (Å²) < 4.78 is 3.41. The molecule has 2 aromatic rings. The molecule has 1 aliphatic heterocycles. The van der Waals surface area contributed by atoms with Gasteiger partial charge in [-0.05, 0) is 17.4 Å². The first-order valence-corrected chi connectivity index (χ1v) is 9.15. The minimum Gasteiger partial charge on any atom is -0.493 e. The number of fused-ring (bicyclic) bond motifs is 1. The standard InChI is InChI=1S/C20H27N3O2/c1-20(2,3)13-21-9-10-22-17(12-21)18(24)23(19(22)25)16-11-15(16)14-7-5-4-6-8-14/h4-8,15-16,24H,9-13H2,1-3H3/t15-,16+/m1/s1. The predicted octanol–water partition coefficient (Wildman–Crippen LogP) is 2.95. The Labute approximate surface area is 148 Å². The molecule has 2 aliphatic rings. The predicted molar refractivity (Wildman–Crippen MR) is 97.9 cm³/mol. The Kier molecular flexibility index (Phi) is 3.80. The van der Waals surface area contributed by atoms with Gasteiger partial charge >= 0.3 is 5.69 Å². The summed E-state index contributed by atoms with van der Waals surface area (Å²) in [4.78, 5) is 15.2. The van der Waals surface area contributed by atoms with Crippen molar-refractivity contribution in [2.24, 2.45) is 5.41 Å². The normalized spacial score (nSPS) is 23.5. The van der Waals surface area contributed by atoms with Crippen LogP contribution in [-0.2, 0) is 13.1 Å². The van der Waals surface area contributed by atoms with Crippen molar-refractivity contribution >= 4 is 0 Å². The molecule has 2 atom stereocenters. The van der Waals surface area contributed by atoms with Crippen LogP contribution in [0.4, 0.5) is 0 Å². The summed E-state index contributed by atoms with van der Waals surface area (Å²) in [5, 5.41) is 10.8. The maximum atomic E-state index is 12.8. The molecule has 0 radical (unpaired) electrons. The quantitative estimate of drug-likeness (QED) is 0.934. The van der Waals surface area contributed by atoms with Crippen LogP contribution in [0.2, 0.25) is 0 Å². The molecule has 5 heteroatoms. The van der Waals surface area contributed by atoms with Gasteiger partial charge in [0.05, 0.1) is 5.69 Å². The molecule has 0 amide bonds. The van der Waals surface area contributed by atoms with E-state index >= 15 is 0 Å². The van der Waals surface area contributed by atoms with Gasteiger partial charge < -0.3 is 5.11 Å². The van der Waals surface area contributed by atoms with Crippen LogP contribution in [0.15, 0.2) is 35.1 Å². The smallest absolute Gasteiger partial charge is 0.331 e. The summed E-state index contributed by atoms with van der Waals surface area (Å²) in [6.07, 6.45) is 0.923. The third-order valence-electron chi connectivity index (χ3n) is 5.28. The fourth-order valence-corrected chi connectivity index (χ4v) is 4.14. The van der Waals surface area contributed by atoms with Gasteiger partial charge in [-0.15, -0.1) is 0 Å². The molecule has 0 spiro atoms. The molecule has 1 aliphatic carbocycles. The van der Waals surface area contributed by atoms with E-state index in [2.05, 4.69) is 37.8 Å². The van der Waals surface area contributed by atoms with E-state index in [9.17, 15) is 9.90 Å². The summed E-state index contributed by atoms with van der Waals surface area (Å²) in [6, 6.07) is 10.4. The second-order valence-electron chi connectivity index (χ2n) is 8.67. The number of imidazole rings is 1. The van der Waals surface area contributed by atoms with E-state index < -0.39 is 0 Å². The highest BCUT2D eigenvalue weighted by Crippen LogP contribution is 2.52. The van der Waals surface area contributed by atoms with Crippen LogP contribution >= 0.6 is 0 Å². The second-order valence-corrected chi connectivity index (χ2v) is 8.67. The number of rotatable bonds is 3. The van der Waals surface area contributed by atoms with Crippen LogP contribution in [0.3, 0.4) is 0 Å². The summed E-state index contributed by atoms with van der Waals surface area (Å²) in [5.74, 6) is 0.506. The Bertz CT molecular complexity index is 829. The molecule has 2 heterocycles. The molecule has 0 unspecified atom stereocenters. The SMILES string of the molecule is CC(C)(C)CN1CCn2c(c(O)n([C@H]3C[C@@H]3c3ccccc3)c2=O)C1. The van der Waals surface area contributed by atoms with Crippen molar-refractivity contribution in [3.63, 3.8) is 0 Å². The largest absolute Gasteiger partial charge is 0.493 e. The van der Waals surface area contributed by atoms with Gasteiger partial charge in [-0.25, -0.2) is 4.79 Å². The van der Waals surface area contributed by atoms with Crippen LogP contribution in [0, 0.1) is 5.41 Å². The lowest BCUT2D eigenvalue weighted by molar-refractivity contribution is 0.154. The molecule has 5 nitrogen and oxygen atoms in total. The molecule has 25 heavy (non-hydrogen) atoms. The summed E-state index contributed by atoms with van der Waals surface area (Å²) in [6.45, 7) is 9.78. The topological polar surface area (TPSA) is 50.4 Å². The van der Waals surface area contributed by atoms with Gasteiger partial charge in [0.1, 0.15) is 0 Å². The minimum atomic E-state index is -0.0497. The van der Waals surface area contributed by atoms with Crippen molar-refractivity contribution in [2.45, 2.75) is 52.2 Å². The molecular weight excluding hydrogens is 314 g/mol. The molecule has 0 bridgehead atoms. The summed E-state index contributed by atoms with van der Waals surface area (Å²) in [7, 11) is 0. The van der Waals surface area contributed by atoms with Crippen molar-refractivity contribution in [2.75, 3.05) is 13.1 Å². The number of hydrogen-bond acceptors (Lipinski definition) is 3. The first-order chi connectivity index (χ1) is 11.8. The highest BCUT2D eigenvalue weighted by Gasteiger charge is 2.44. The maximum absolute atomic E-state index is 12.8. The molecule has 1 aromatic heterocycles. The third-order valence-corrected chi connectivity index (χ3v) is 5.28. The van der Waals surface area contributed by atoms with E-state index in [0.717, 1.165) is 25.2 Å². The average molecular weight is 341 g/mol. The van der Waals surface area contributed by atoms with Crippen molar-refractivity contribution < 1.29 is 5.11 Å². The van der Waals surface area contributed by atoms with Crippen molar-refractivity contribution in [3.8, 4) is 5.88 Å². The van der Waals surface area contributed by atoms with E-state index in [0.29, 0.717) is 19.0 Å². The number of aromatic nitrogens is 2. The van der Waals surface area contributed by atoms with Gasteiger partial charge in [-0.2, -0.15) is 0 Å². The Hall–Kier alpha value is -2.01. The van der Waals surface area contributed by atoms with E-state index in [1.807, 2.05) is 18.2 Å². The monoisotopic (exact) mass is 341 g/mol. The van der Waals surface area contributed by atoms with E-state index in [4.69, 9.17) is 0 Å². The zero-order valence-corrected chi connectivity index (χ0v) is 15.3. The van der Waals surface area contributed by atoms with Crippen LogP contribution in [0.25, 0.3) is 0 Å². The molecule has 1 N–H and O–H groups in total. The fraction of sp³-hybridized carbons (Fsp3) is 0.550. The van der Waals surface area contributed by atoms with Gasteiger partial charge in [0, 0.05) is 38.1 Å². The Balaban J connectivity index is 1.60. The first-order valence-electron chi connectivity index (χ1n) is 9.15. The zero-order chi connectivity index (χ0) is 17.8. The maximum Gasteiger partial charge on any atom is 0.331 e. The first kappa shape index (κ1) is 16.5. The van der Waals surface area contributed by atoms with E-state index in [1.54, 1.807) is 9.13 Å². The number of hydrogen-bond donors (Lipinski definition) is 1. The molecule has 4 rings (SSSR count). The Morgan fingerprint density at radius 1 is 1.16 bits per heavy atom. The Morgan fingerprint density at radius 3 is 2.56 bits per heavy atom. The summed E-state index contributed by atoms with van der Waals surface area (Å²) in [5.41, 5.74) is 2.18. The number of nitrogens with zero attached hydrogens (tertiary/aromatic N) is 3. The lowest BCUT2D eigenvalue weighted by atomic mass is 9.96. The van der Waals surface area contributed by atoms with Gasteiger partial charge in [0.2, 0.25) is 5.88 Å². The average Bonchev–Trinajstić information content (AvgIpc) is 3.30. The molecule has 1 aromatic carbocycles. The minimum absolute atomic E-state index is 0.0497. The van der Waals surface area contributed by atoms with Crippen molar-refractivity contribution in [3.05, 3.63) is 52.1 Å².